The summed E-state index contributed by atoms with van der Waals surface area (Å²) >= 11 is 0. The van der Waals surface area contributed by atoms with Gasteiger partial charge >= 0.3 is 16.4 Å². The normalized spacial score (nSPS) is 12.8. The van der Waals surface area contributed by atoms with Gasteiger partial charge in [0.2, 0.25) is 0 Å². The minimum absolute atomic E-state index is 0.0418. The van der Waals surface area contributed by atoms with E-state index < -0.39 is 10.4 Å². The van der Waals surface area contributed by atoms with Crippen molar-refractivity contribution in [3.8, 4) is 0 Å². The number of carbonyl (C=O) groups is 1. The molecule has 0 saturated carbocycles. The van der Waals surface area contributed by atoms with Crippen molar-refractivity contribution in [2.45, 2.75) is 70.8 Å². The summed E-state index contributed by atoms with van der Waals surface area (Å²) in [6.07, 6.45) is 10.1. The van der Waals surface area contributed by atoms with E-state index in [1.165, 1.54) is 6.08 Å². The van der Waals surface area contributed by atoms with Gasteiger partial charge in [0.1, 0.15) is 0 Å². The lowest BCUT2D eigenvalue weighted by Gasteiger charge is -2.11. The van der Waals surface area contributed by atoms with Crippen molar-refractivity contribution in [1.82, 2.24) is 0 Å². The molecule has 0 aliphatic heterocycles. The van der Waals surface area contributed by atoms with Gasteiger partial charge in [0.05, 0.1) is 12.7 Å². The number of rotatable bonds is 14. The quantitative estimate of drug-likeness (QED) is 0.226. The van der Waals surface area contributed by atoms with E-state index in [9.17, 15) is 13.2 Å². The molecule has 0 radical (unpaired) electrons. The van der Waals surface area contributed by atoms with Gasteiger partial charge in [0.25, 0.3) is 0 Å². The minimum atomic E-state index is -4.29. The van der Waals surface area contributed by atoms with Crippen LogP contribution in [0.5, 0.6) is 0 Å². The highest BCUT2D eigenvalue weighted by Gasteiger charge is 2.05. The van der Waals surface area contributed by atoms with Gasteiger partial charge in [0, 0.05) is 6.08 Å². The third-order valence-electron chi connectivity index (χ3n) is 3.22. The molecule has 1 unspecified atom stereocenters. The van der Waals surface area contributed by atoms with Crippen molar-refractivity contribution in [3.05, 3.63) is 12.7 Å². The van der Waals surface area contributed by atoms with Crippen LogP contribution < -0.4 is 0 Å². The number of hydrogen-bond donors (Lipinski definition) is 1. The van der Waals surface area contributed by atoms with E-state index in [2.05, 4.69) is 10.8 Å². The van der Waals surface area contributed by atoms with E-state index in [4.69, 9.17) is 9.29 Å². The molecule has 0 aromatic rings. The van der Waals surface area contributed by atoms with Crippen LogP contribution >= 0.6 is 0 Å². The lowest BCUT2D eigenvalue weighted by molar-refractivity contribution is -0.142. The molecule has 7 heteroatoms. The highest BCUT2D eigenvalue weighted by Crippen LogP contribution is 2.12. The van der Waals surface area contributed by atoms with Crippen LogP contribution in [-0.4, -0.2) is 31.7 Å². The molecule has 0 fully saturated rings. The molecule has 0 aromatic heterocycles. The monoisotopic (exact) mass is 336 g/mol. The number of carbonyl (C=O) groups excluding carboxylic acids is 1. The molecule has 1 N–H and O–H groups in total. The first-order valence-electron chi connectivity index (χ1n) is 7.80. The van der Waals surface area contributed by atoms with Crippen molar-refractivity contribution >= 4 is 16.4 Å². The highest BCUT2D eigenvalue weighted by molar-refractivity contribution is 7.80. The maximum atomic E-state index is 11.0. The molecule has 0 aliphatic carbocycles. The molecule has 0 rings (SSSR count). The van der Waals surface area contributed by atoms with Gasteiger partial charge in [0.15, 0.2) is 0 Å². The summed E-state index contributed by atoms with van der Waals surface area (Å²) in [5.41, 5.74) is 0. The Kier molecular flexibility index (Phi) is 12.1. The third-order valence-corrected chi connectivity index (χ3v) is 3.69. The van der Waals surface area contributed by atoms with Crippen molar-refractivity contribution < 1.29 is 26.7 Å². The molecular formula is C15H28O6S. The summed E-state index contributed by atoms with van der Waals surface area (Å²) < 4.78 is 38.3. The van der Waals surface area contributed by atoms with Crippen molar-refractivity contribution in [2.75, 3.05) is 6.61 Å². The van der Waals surface area contributed by atoms with Gasteiger partial charge in [-0.25, -0.2) is 8.98 Å². The SMILES string of the molecule is C=CC(=O)OC(C)CCCCCCCCCCOS(=O)(=O)O. The summed E-state index contributed by atoms with van der Waals surface area (Å²) in [5.74, 6) is -0.370. The van der Waals surface area contributed by atoms with E-state index in [0.717, 1.165) is 51.4 Å². The lowest BCUT2D eigenvalue weighted by Crippen LogP contribution is -2.12. The van der Waals surface area contributed by atoms with Crippen LogP contribution in [0.3, 0.4) is 0 Å². The molecular weight excluding hydrogens is 308 g/mol. The van der Waals surface area contributed by atoms with Gasteiger partial charge < -0.3 is 4.74 Å². The second-order valence-corrected chi connectivity index (χ2v) is 6.41. The predicted octanol–water partition coefficient (Wildman–Crippen LogP) is 3.43. The van der Waals surface area contributed by atoms with Crippen LogP contribution in [0.4, 0.5) is 0 Å². The number of esters is 1. The Hall–Kier alpha value is -0.920. The van der Waals surface area contributed by atoms with Gasteiger partial charge in [-0.2, -0.15) is 8.42 Å². The Bertz CT molecular complexity index is 404. The smallest absolute Gasteiger partial charge is 0.397 e. The van der Waals surface area contributed by atoms with Crippen LogP contribution in [0.25, 0.3) is 0 Å². The van der Waals surface area contributed by atoms with Crippen molar-refractivity contribution in [2.24, 2.45) is 0 Å². The van der Waals surface area contributed by atoms with Gasteiger partial charge in [-0.15, -0.1) is 0 Å². The maximum absolute atomic E-state index is 11.0. The molecule has 0 aliphatic rings. The Morgan fingerprint density at radius 3 is 2.09 bits per heavy atom. The zero-order valence-electron chi connectivity index (χ0n) is 13.3. The fourth-order valence-electron chi connectivity index (χ4n) is 2.06. The van der Waals surface area contributed by atoms with Crippen LogP contribution in [0.1, 0.15) is 64.7 Å². The zero-order valence-corrected chi connectivity index (χ0v) is 14.1. The van der Waals surface area contributed by atoms with Crippen LogP contribution in [0.2, 0.25) is 0 Å². The molecule has 0 amide bonds. The topological polar surface area (TPSA) is 89.9 Å². The Morgan fingerprint density at radius 2 is 1.59 bits per heavy atom. The summed E-state index contributed by atoms with van der Waals surface area (Å²) in [6.45, 7) is 5.28. The Labute approximate surface area is 133 Å². The Balaban J connectivity index is 3.27. The van der Waals surface area contributed by atoms with E-state index in [1.54, 1.807) is 0 Å². The van der Waals surface area contributed by atoms with Crippen LogP contribution in [0, 0.1) is 0 Å². The summed E-state index contributed by atoms with van der Waals surface area (Å²) in [4.78, 5) is 11.0. The molecule has 130 valence electrons. The molecule has 0 heterocycles. The second-order valence-electron chi connectivity index (χ2n) is 5.32. The fraction of sp³-hybridized carbons (Fsp3) is 0.800. The first-order chi connectivity index (χ1) is 10.3. The number of unbranched alkanes of at least 4 members (excludes halogenated alkanes) is 7. The van der Waals surface area contributed by atoms with Gasteiger partial charge in [-0.05, 0) is 26.2 Å². The van der Waals surface area contributed by atoms with E-state index in [-0.39, 0.29) is 18.7 Å². The summed E-state index contributed by atoms with van der Waals surface area (Å²) in [6, 6.07) is 0. The average Bonchev–Trinajstić information content (AvgIpc) is 2.43. The van der Waals surface area contributed by atoms with Crippen molar-refractivity contribution in [1.29, 1.82) is 0 Å². The molecule has 0 saturated heterocycles. The lowest BCUT2D eigenvalue weighted by atomic mass is 10.1. The molecule has 1 atom stereocenters. The first kappa shape index (κ1) is 21.1. The molecule has 6 nitrogen and oxygen atoms in total. The van der Waals surface area contributed by atoms with E-state index >= 15 is 0 Å². The third kappa shape index (κ3) is 15.5. The van der Waals surface area contributed by atoms with E-state index in [1.807, 2.05) is 6.92 Å². The van der Waals surface area contributed by atoms with Gasteiger partial charge in [-0.1, -0.05) is 45.1 Å². The largest absolute Gasteiger partial charge is 0.460 e. The van der Waals surface area contributed by atoms with E-state index in [0.29, 0.717) is 6.42 Å². The number of hydrogen-bond acceptors (Lipinski definition) is 5. The van der Waals surface area contributed by atoms with Gasteiger partial charge in [-0.3, -0.25) is 4.55 Å². The summed E-state index contributed by atoms with van der Waals surface area (Å²) in [7, 11) is -4.29. The maximum Gasteiger partial charge on any atom is 0.397 e. The first-order valence-corrected chi connectivity index (χ1v) is 9.16. The highest BCUT2D eigenvalue weighted by atomic mass is 32.3. The standard InChI is InChI=1S/C15H28O6S/c1-3-15(16)21-14(2)12-10-8-6-4-5-7-9-11-13-20-22(17,18)19/h3,14H,1,4-13H2,2H3,(H,17,18,19). The molecule has 0 aromatic carbocycles. The van der Waals surface area contributed by atoms with Crippen LogP contribution in [-0.2, 0) is 24.1 Å². The zero-order chi connectivity index (χ0) is 16.8. The van der Waals surface area contributed by atoms with Crippen molar-refractivity contribution in [3.63, 3.8) is 0 Å². The molecule has 0 bridgehead atoms. The summed E-state index contributed by atoms with van der Waals surface area (Å²) in [5, 5.41) is 0. The number of ether oxygens (including phenoxy) is 1. The Morgan fingerprint density at radius 1 is 1.09 bits per heavy atom. The molecule has 0 spiro atoms. The fourth-order valence-corrected chi connectivity index (χ4v) is 2.39. The second kappa shape index (κ2) is 12.6. The van der Waals surface area contributed by atoms with Crippen LogP contribution in [0.15, 0.2) is 12.7 Å². The minimum Gasteiger partial charge on any atom is -0.460 e. The molecule has 22 heavy (non-hydrogen) atoms. The predicted molar refractivity (Wildman–Crippen MR) is 84.8 cm³/mol. The average molecular weight is 336 g/mol.